The lowest BCUT2D eigenvalue weighted by Crippen LogP contribution is -2.27. The van der Waals surface area contributed by atoms with Gasteiger partial charge in [0.05, 0.1) is 0 Å². The van der Waals surface area contributed by atoms with Crippen LogP contribution >= 0.6 is 7.72 Å². The molecule has 0 atom stereocenters. The summed E-state index contributed by atoms with van der Waals surface area (Å²) in [5, 5.41) is 5.46. The molecule has 0 saturated heterocycles. The van der Waals surface area contributed by atoms with Gasteiger partial charge >= 0.3 is 5.91 Å². The van der Waals surface area contributed by atoms with Gasteiger partial charge in [-0.15, -0.1) is 0 Å². The third kappa shape index (κ3) is 7.58. The number of hydrogen-bond donors (Lipinski definition) is 4. The van der Waals surface area contributed by atoms with Crippen LogP contribution in [0, 0.1) is 11.6 Å². The molecule has 1 aliphatic carbocycles. The van der Waals surface area contributed by atoms with Crippen LogP contribution in [0.4, 0.5) is 20.2 Å². The number of amides is 1. The minimum atomic E-state index is -2.89. The molecule has 2 aromatic carbocycles. The summed E-state index contributed by atoms with van der Waals surface area (Å²) in [6, 6.07) is 10.9. The molecular weight excluding hydrogens is 463 g/mol. The molecule has 7 nitrogen and oxygen atoms in total. The molecule has 1 saturated carbocycles. The third-order valence-corrected chi connectivity index (χ3v) is 6.35. The third-order valence-electron chi connectivity index (χ3n) is 5.50. The van der Waals surface area contributed by atoms with Crippen LogP contribution in [0.1, 0.15) is 37.2 Å². The fraction of sp³-hybridized carbons (Fsp3) is 0.333. The van der Waals surface area contributed by atoms with Gasteiger partial charge in [0.25, 0.3) is 13.6 Å². The van der Waals surface area contributed by atoms with E-state index in [0.29, 0.717) is 17.3 Å². The van der Waals surface area contributed by atoms with E-state index in [1.54, 1.807) is 5.82 Å². The Bertz CT molecular complexity index is 1060. The van der Waals surface area contributed by atoms with Gasteiger partial charge in [0.15, 0.2) is 18.4 Å². The Morgan fingerprint density at radius 1 is 1.12 bits per heavy atom. The maximum atomic E-state index is 13.3. The van der Waals surface area contributed by atoms with Crippen molar-refractivity contribution in [1.29, 1.82) is 0 Å². The molecular formula is C24H29F2N3O4P+. The highest BCUT2D eigenvalue weighted by Crippen LogP contribution is 2.50. The second-order valence-corrected chi connectivity index (χ2v) is 10.5. The van der Waals surface area contributed by atoms with Crippen molar-refractivity contribution in [2.24, 2.45) is 4.99 Å². The Labute approximate surface area is 198 Å². The number of hydrogen-bond acceptors (Lipinski definition) is 6. The molecule has 1 fully saturated rings. The van der Waals surface area contributed by atoms with Crippen molar-refractivity contribution in [3.8, 4) is 0 Å². The minimum Gasteiger partial charge on any atom is -0.453 e. The molecule has 0 aliphatic heterocycles. The fourth-order valence-electron chi connectivity index (χ4n) is 3.85. The number of carbonyl (C=O) groups is 1. The zero-order chi connectivity index (χ0) is 24.7. The Balaban J connectivity index is 1.49. The number of carbonyl (C=O) groups excluding carboxylic acids is 1. The summed E-state index contributed by atoms with van der Waals surface area (Å²) < 4.78 is 31.6. The van der Waals surface area contributed by atoms with E-state index in [2.05, 4.69) is 15.6 Å². The molecule has 0 spiro atoms. The Morgan fingerprint density at radius 2 is 1.76 bits per heavy atom. The van der Waals surface area contributed by atoms with Crippen molar-refractivity contribution in [3.05, 3.63) is 71.1 Å². The number of rotatable bonds is 6. The monoisotopic (exact) mass is 492 g/mol. The summed E-state index contributed by atoms with van der Waals surface area (Å²) in [5.41, 5.74) is 3.16. The van der Waals surface area contributed by atoms with Gasteiger partial charge in [0.2, 0.25) is 0 Å². The number of ether oxygens (including phenoxy) is 1. The predicted molar refractivity (Wildman–Crippen MR) is 131 cm³/mol. The van der Waals surface area contributed by atoms with E-state index < -0.39 is 25.3 Å². The molecule has 0 heterocycles. The van der Waals surface area contributed by atoms with Crippen LogP contribution in [0.5, 0.6) is 0 Å². The number of benzene rings is 2. The highest BCUT2D eigenvalue weighted by atomic mass is 31.2. The largest absolute Gasteiger partial charge is 0.453 e. The lowest BCUT2D eigenvalue weighted by Gasteiger charge is -2.24. The Morgan fingerprint density at radius 3 is 2.35 bits per heavy atom. The maximum absolute atomic E-state index is 13.3. The SMILES string of the molecule is CN=C(OCNc1ccc(F)c(F)c1)C(=O)Nc1ccc(C2CCC(=C[P+](C)(O)O)CC2)cc1. The van der Waals surface area contributed by atoms with Crippen LogP contribution in [0.3, 0.4) is 0 Å². The highest BCUT2D eigenvalue weighted by molar-refractivity contribution is 7.67. The summed E-state index contributed by atoms with van der Waals surface area (Å²) in [6.07, 6.45) is 3.55. The first-order valence-electron chi connectivity index (χ1n) is 10.9. The quantitative estimate of drug-likeness (QED) is 0.196. The summed E-state index contributed by atoms with van der Waals surface area (Å²) in [5.74, 6) is -0.621. The number of halogens is 2. The molecule has 0 aromatic heterocycles. The van der Waals surface area contributed by atoms with Gasteiger partial charge in [-0.25, -0.2) is 18.6 Å². The van der Waals surface area contributed by atoms with E-state index in [1.165, 1.54) is 25.3 Å². The molecule has 34 heavy (non-hydrogen) atoms. The number of anilines is 2. The smallest absolute Gasteiger partial charge is 0.310 e. The van der Waals surface area contributed by atoms with Crippen LogP contribution in [0.25, 0.3) is 0 Å². The average Bonchev–Trinajstić information content (AvgIpc) is 2.79. The van der Waals surface area contributed by atoms with Crippen LogP contribution in [0.2, 0.25) is 0 Å². The summed E-state index contributed by atoms with van der Waals surface area (Å²) in [4.78, 5) is 35.6. The van der Waals surface area contributed by atoms with E-state index >= 15 is 0 Å². The minimum absolute atomic E-state index is 0.157. The van der Waals surface area contributed by atoms with Gasteiger partial charge in [0, 0.05) is 24.5 Å². The van der Waals surface area contributed by atoms with Gasteiger partial charge in [-0.2, -0.15) is 0 Å². The summed E-state index contributed by atoms with van der Waals surface area (Å²) in [7, 11) is -1.47. The number of nitrogens with one attached hydrogen (secondary N) is 2. The van der Waals surface area contributed by atoms with Crippen molar-refractivity contribution < 1.29 is 28.1 Å². The van der Waals surface area contributed by atoms with Crippen LogP contribution in [-0.4, -0.2) is 42.0 Å². The first kappa shape index (κ1) is 25.7. The zero-order valence-corrected chi connectivity index (χ0v) is 20.0. The molecule has 0 unspecified atom stereocenters. The molecule has 1 aliphatic rings. The molecule has 182 valence electrons. The van der Waals surface area contributed by atoms with Gasteiger partial charge < -0.3 is 15.4 Å². The number of allylic oxidation sites excluding steroid dienone is 1. The van der Waals surface area contributed by atoms with Crippen molar-refractivity contribution in [1.82, 2.24) is 0 Å². The van der Waals surface area contributed by atoms with E-state index in [1.807, 2.05) is 24.3 Å². The van der Waals surface area contributed by atoms with Crippen molar-refractivity contribution in [2.45, 2.75) is 31.6 Å². The molecule has 4 N–H and O–H groups in total. The molecule has 1 amide bonds. The highest BCUT2D eigenvalue weighted by Gasteiger charge is 2.26. The van der Waals surface area contributed by atoms with E-state index in [-0.39, 0.29) is 12.6 Å². The van der Waals surface area contributed by atoms with Gasteiger partial charge in [-0.05, 0) is 67.0 Å². The van der Waals surface area contributed by atoms with E-state index in [0.717, 1.165) is 43.4 Å². The van der Waals surface area contributed by atoms with Crippen molar-refractivity contribution >= 4 is 30.9 Å². The van der Waals surface area contributed by atoms with E-state index in [9.17, 15) is 23.4 Å². The molecule has 0 bridgehead atoms. The van der Waals surface area contributed by atoms with Crippen molar-refractivity contribution in [2.75, 3.05) is 31.1 Å². The summed E-state index contributed by atoms with van der Waals surface area (Å²) >= 11 is 0. The maximum Gasteiger partial charge on any atom is 0.310 e. The van der Waals surface area contributed by atoms with Crippen molar-refractivity contribution in [3.63, 3.8) is 0 Å². The first-order valence-corrected chi connectivity index (χ1v) is 13.1. The molecule has 2 aromatic rings. The Kier molecular flexibility index (Phi) is 8.72. The molecule has 10 heteroatoms. The topological polar surface area (TPSA) is 103 Å². The van der Waals surface area contributed by atoms with Crippen LogP contribution in [0.15, 0.2) is 58.8 Å². The summed E-state index contributed by atoms with van der Waals surface area (Å²) in [6.45, 7) is 1.30. The number of nitrogens with zero attached hydrogens (tertiary/aromatic N) is 1. The fourth-order valence-corrected chi connectivity index (χ4v) is 4.80. The van der Waals surface area contributed by atoms with E-state index in [4.69, 9.17) is 4.74 Å². The standard InChI is InChI=1S/C24H28F2N3O4P/c1-27-24(33-15-28-20-11-12-21(25)22(26)13-20)23(30)29-19-9-7-18(8-10-19)17-5-3-16(4-6-17)14-34(2,31)32/h7-14,17,28,31-32H,3-6,15H2,1-2H3/p+1. The average molecular weight is 492 g/mol. The van der Waals surface area contributed by atoms with Gasteiger partial charge in [-0.1, -0.05) is 12.1 Å². The first-order chi connectivity index (χ1) is 16.1. The zero-order valence-electron chi connectivity index (χ0n) is 19.1. The van der Waals surface area contributed by atoms with Crippen LogP contribution < -0.4 is 10.6 Å². The lowest BCUT2D eigenvalue weighted by molar-refractivity contribution is -0.111. The Hall–Kier alpha value is -2.87. The van der Waals surface area contributed by atoms with Gasteiger partial charge in [0.1, 0.15) is 12.5 Å². The second kappa shape index (κ2) is 11.5. The van der Waals surface area contributed by atoms with Crippen LogP contribution in [-0.2, 0) is 9.53 Å². The molecule has 0 radical (unpaired) electrons. The predicted octanol–water partition coefficient (Wildman–Crippen LogP) is 5.02. The lowest BCUT2D eigenvalue weighted by atomic mass is 9.82. The molecule has 3 rings (SSSR count). The number of aliphatic imine (C=N–C) groups is 1. The second-order valence-electron chi connectivity index (χ2n) is 8.24. The van der Waals surface area contributed by atoms with Gasteiger partial charge in [-0.3, -0.25) is 9.79 Å². The normalized spacial score (nSPS) is 16.7.